The lowest BCUT2D eigenvalue weighted by molar-refractivity contribution is -0.129. The fraction of sp³-hybridized carbons (Fsp3) is 0.522. The van der Waals surface area contributed by atoms with Gasteiger partial charge >= 0.3 is 0 Å². The Balaban J connectivity index is 1.78. The van der Waals surface area contributed by atoms with Gasteiger partial charge in [0.2, 0.25) is 11.8 Å². The number of hydrogen-bond acceptors (Lipinski definition) is 5. The molecule has 3 heterocycles. The first kappa shape index (κ1) is 22.1. The molecule has 9 heteroatoms. The van der Waals surface area contributed by atoms with Crippen molar-refractivity contribution >= 4 is 23.5 Å². The van der Waals surface area contributed by atoms with Crippen LogP contribution in [0.1, 0.15) is 49.5 Å². The van der Waals surface area contributed by atoms with Crippen molar-refractivity contribution in [3.63, 3.8) is 0 Å². The summed E-state index contributed by atoms with van der Waals surface area (Å²) in [5.74, 6) is -1.06. The topological polar surface area (TPSA) is 105 Å². The smallest absolute Gasteiger partial charge is 0.274 e. The Labute approximate surface area is 186 Å². The van der Waals surface area contributed by atoms with Gasteiger partial charge in [0, 0.05) is 43.5 Å². The molecular formula is C23H30N4O5. The van der Waals surface area contributed by atoms with Crippen molar-refractivity contribution in [3.05, 3.63) is 39.8 Å². The van der Waals surface area contributed by atoms with Gasteiger partial charge in [-0.15, -0.1) is 0 Å². The van der Waals surface area contributed by atoms with E-state index in [0.29, 0.717) is 44.1 Å². The first-order valence-corrected chi connectivity index (χ1v) is 11.0. The highest BCUT2D eigenvalue weighted by atomic mass is 16.5. The summed E-state index contributed by atoms with van der Waals surface area (Å²) in [7, 11) is 0. The number of amides is 2. The summed E-state index contributed by atoms with van der Waals surface area (Å²) in [5.41, 5.74) is -0.0374. The fourth-order valence-corrected chi connectivity index (χ4v) is 3.83. The van der Waals surface area contributed by atoms with Crippen LogP contribution in [-0.4, -0.2) is 63.1 Å². The molecule has 0 atom stereocenters. The third-order valence-electron chi connectivity index (χ3n) is 5.56. The second kappa shape index (κ2) is 8.46. The molecule has 2 aromatic heterocycles. The third-order valence-corrected chi connectivity index (χ3v) is 5.56. The van der Waals surface area contributed by atoms with E-state index in [1.807, 2.05) is 20.8 Å². The summed E-state index contributed by atoms with van der Waals surface area (Å²) in [4.78, 5) is 40.1. The molecule has 2 aromatic rings. The van der Waals surface area contributed by atoms with E-state index in [1.165, 1.54) is 10.5 Å². The molecule has 32 heavy (non-hydrogen) atoms. The lowest BCUT2D eigenvalue weighted by Gasteiger charge is -2.25. The molecule has 2 aliphatic rings. The molecule has 0 radical (unpaired) electrons. The van der Waals surface area contributed by atoms with Crippen LogP contribution in [0.3, 0.4) is 0 Å². The maximum Gasteiger partial charge on any atom is 0.274 e. The molecule has 1 saturated carbocycles. The SMILES string of the molecule is CC(C)(C)Cn1c(O)c(C(=O)NC2CC2)c(=O)n2ccc(/C=C/C(=O)N3CCOCC3)c12. The van der Waals surface area contributed by atoms with Crippen LogP contribution >= 0.6 is 0 Å². The van der Waals surface area contributed by atoms with Gasteiger partial charge in [-0.25, -0.2) is 0 Å². The third kappa shape index (κ3) is 4.57. The largest absolute Gasteiger partial charge is 0.494 e. The number of aromatic nitrogens is 2. The normalized spacial score (nSPS) is 17.3. The second-order valence-corrected chi connectivity index (χ2v) is 9.63. The molecule has 1 aliphatic heterocycles. The predicted octanol–water partition coefficient (Wildman–Crippen LogP) is 1.62. The Morgan fingerprint density at radius 3 is 2.56 bits per heavy atom. The number of nitrogens with zero attached hydrogens (tertiary/aromatic N) is 3. The van der Waals surface area contributed by atoms with E-state index in [1.54, 1.807) is 27.8 Å². The van der Waals surface area contributed by atoms with Crippen LogP contribution in [0.25, 0.3) is 11.7 Å². The molecule has 0 spiro atoms. The number of hydrogen-bond donors (Lipinski definition) is 2. The van der Waals surface area contributed by atoms with Crippen molar-refractivity contribution in [2.24, 2.45) is 5.41 Å². The minimum atomic E-state index is -0.583. The quantitative estimate of drug-likeness (QED) is 0.685. The lowest BCUT2D eigenvalue weighted by Crippen LogP contribution is -2.39. The molecule has 2 amide bonds. The zero-order chi connectivity index (χ0) is 23.0. The van der Waals surface area contributed by atoms with Gasteiger partial charge in [-0.3, -0.25) is 23.4 Å². The first-order chi connectivity index (χ1) is 15.2. The van der Waals surface area contributed by atoms with Crippen molar-refractivity contribution in [1.82, 2.24) is 19.2 Å². The maximum atomic E-state index is 13.1. The van der Waals surface area contributed by atoms with E-state index in [0.717, 1.165) is 12.8 Å². The van der Waals surface area contributed by atoms with Crippen molar-refractivity contribution in [1.29, 1.82) is 0 Å². The maximum absolute atomic E-state index is 13.1. The molecule has 1 saturated heterocycles. The molecule has 0 bridgehead atoms. The molecular weight excluding hydrogens is 412 g/mol. The number of carbonyl (C=O) groups excluding carboxylic acids is 2. The van der Waals surface area contributed by atoms with Gasteiger partial charge in [0.15, 0.2) is 5.56 Å². The summed E-state index contributed by atoms with van der Waals surface area (Å²) < 4.78 is 8.24. The molecule has 9 nitrogen and oxygen atoms in total. The number of aromatic hydroxyl groups is 1. The van der Waals surface area contributed by atoms with Gasteiger partial charge in [-0.2, -0.15) is 0 Å². The summed E-state index contributed by atoms with van der Waals surface area (Å²) in [6, 6.07) is 1.77. The Hall–Kier alpha value is -3.07. The van der Waals surface area contributed by atoms with Crippen LogP contribution < -0.4 is 10.9 Å². The van der Waals surface area contributed by atoms with E-state index in [-0.39, 0.29) is 28.8 Å². The lowest BCUT2D eigenvalue weighted by atomic mass is 9.96. The van der Waals surface area contributed by atoms with E-state index < -0.39 is 11.5 Å². The van der Waals surface area contributed by atoms with E-state index in [2.05, 4.69) is 5.32 Å². The molecule has 0 unspecified atom stereocenters. The molecule has 1 aliphatic carbocycles. The number of nitrogens with one attached hydrogen (secondary N) is 1. The minimum absolute atomic E-state index is 0.0578. The van der Waals surface area contributed by atoms with Gasteiger partial charge in [-0.05, 0) is 30.4 Å². The van der Waals surface area contributed by atoms with Crippen molar-refractivity contribution in [2.45, 2.75) is 46.2 Å². The number of fused-ring (bicyclic) bond motifs is 1. The highest BCUT2D eigenvalue weighted by Crippen LogP contribution is 2.28. The highest BCUT2D eigenvalue weighted by Gasteiger charge is 2.30. The van der Waals surface area contributed by atoms with E-state index >= 15 is 0 Å². The standard InChI is InChI=1S/C23H30N4O5/c1-23(2,3)14-27-20-15(4-7-17(28)25-10-12-32-13-11-25)8-9-26(20)21(30)18(22(27)31)19(29)24-16-5-6-16/h4,7-9,16,31H,5-6,10-14H2,1-3H3,(H,24,29)/b7-4+. The Morgan fingerprint density at radius 1 is 1.25 bits per heavy atom. The van der Waals surface area contributed by atoms with E-state index in [9.17, 15) is 19.5 Å². The van der Waals surface area contributed by atoms with Crippen LogP contribution in [0.15, 0.2) is 23.1 Å². The van der Waals surface area contributed by atoms with Gasteiger partial charge in [-0.1, -0.05) is 20.8 Å². The van der Waals surface area contributed by atoms with Gasteiger partial charge in [0.05, 0.1) is 13.2 Å². The summed E-state index contributed by atoms with van der Waals surface area (Å²) in [6.07, 6.45) is 6.44. The molecule has 0 aromatic carbocycles. The van der Waals surface area contributed by atoms with Gasteiger partial charge < -0.3 is 20.1 Å². The average Bonchev–Trinajstić information content (AvgIpc) is 3.44. The molecule has 4 rings (SSSR count). The average molecular weight is 443 g/mol. The zero-order valence-corrected chi connectivity index (χ0v) is 18.8. The van der Waals surface area contributed by atoms with Crippen molar-refractivity contribution in [2.75, 3.05) is 26.3 Å². The fourth-order valence-electron chi connectivity index (χ4n) is 3.83. The van der Waals surface area contributed by atoms with Crippen LogP contribution in [0, 0.1) is 5.41 Å². The Kier molecular flexibility index (Phi) is 5.85. The predicted molar refractivity (Wildman–Crippen MR) is 120 cm³/mol. The summed E-state index contributed by atoms with van der Waals surface area (Å²) in [6.45, 7) is 8.49. The second-order valence-electron chi connectivity index (χ2n) is 9.63. The van der Waals surface area contributed by atoms with Crippen LogP contribution in [0.2, 0.25) is 0 Å². The zero-order valence-electron chi connectivity index (χ0n) is 18.8. The van der Waals surface area contributed by atoms with Crippen LogP contribution in [0.4, 0.5) is 0 Å². The number of ether oxygens (including phenoxy) is 1. The number of rotatable bonds is 5. The van der Waals surface area contributed by atoms with Crippen molar-refractivity contribution < 1.29 is 19.4 Å². The number of morpholine rings is 1. The first-order valence-electron chi connectivity index (χ1n) is 11.0. The Morgan fingerprint density at radius 2 is 1.94 bits per heavy atom. The molecule has 2 fully saturated rings. The highest BCUT2D eigenvalue weighted by molar-refractivity contribution is 5.97. The number of carbonyl (C=O) groups is 2. The van der Waals surface area contributed by atoms with Gasteiger partial charge in [0.1, 0.15) is 5.65 Å². The molecule has 2 N–H and O–H groups in total. The Bertz CT molecular complexity index is 1130. The minimum Gasteiger partial charge on any atom is -0.494 e. The van der Waals surface area contributed by atoms with E-state index in [4.69, 9.17) is 4.74 Å². The molecule has 172 valence electrons. The monoisotopic (exact) mass is 442 g/mol. The van der Waals surface area contributed by atoms with Crippen LogP contribution in [0.5, 0.6) is 5.88 Å². The van der Waals surface area contributed by atoms with Crippen LogP contribution in [-0.2, 0) is 16.1 Å². The van der Waals surface area contributed by atoms with Crippen molar-refractivity contribution in [3.8, 4) is 5.88 Å². The van der Waals surface area contributed by atoms with Gasteiger partial charge in [0.25, 0.3) is 11.5 Å². The summed E-state index contributed by atoms with van der Waals surface area (Å²) >= 11 is 0. The summed E-state index contributed by atoms with van der Waals surface area (Å²) in [5, 5.41) is 13.8.